The van der Waals surface area contributed by atoms with Gasteiger partial charge >= 0.3 is 0 Å². The van der Waals surface area contributed by atoms with Crippen molar-refractivity contribution in [2.75, 3.05) is 0 Å². The zero-order chi connectivity index (χ0) is 12.7. The fraction of sp³-hybridized carbons (Fsp3) is 0.0833. The molecule has 0 radical (unpaired) electrons. The monoisotopic (exact) mass is 370 g/mol. The summed E-state index contributed by atoms with van der Waals surface area (Å²) in [5.74, 6) is 0.557. The van der Waals surface area contributed by atoms with E-state index in [1.165, 1.54) is 0 Å². The van der Waals surface area contributed by atoms with Gasteiger partial charge in [0.1, 0.15) is 16.5 Å². The molecule has 6 heteroatoms. The first-order valence-corrected chi connectivity index (χ1v) is 6.74. The highest BCUT2D eigenvalue weighted by atomic mass is 127. The van der Waals surface area contributed by atoms with Gasteiger partial charge in [0.15, 0.2) is 5.82 Å². The number of fused-ring (bicyclic) bond motifs is 1. The van der Waals surface area contributed by atoms with Gasteiger partial charge in [-0.2, -0.15) is 0 Å². The number of pyridine rings is 1. The van der Waals surface area contributed by atoms with Gasteiger partial charge in [0.25, 0.3) is 0 Å². The summed E-state index contributed by atoms with van der Waals surface area (Å²) in [5, 5.41) is 0.468. The number of hydrogen-bond donors (Lipinski definition) is 0. The van der Waals surface area contributed by atoms with Gasteiger partial charge in [-0.1, -0.05) is 17.7 Å². The third-order valence-corrected chi connectivity index (χ3v) is 4.45. The lowest BCUT2D eigenvalue weighted by Crippen LogP contribution is -1.96. The highest BCUT2D eigenvalue weighted by Crippen LogP contribution is 2.23. The van der Waals surface area contributed by atoms with E-state index in [-0.39, 0.29) is 0 Å². The first-order chi connectivity index (χ1) is 8.65. The quantitative estimate of drug-likeness (QED) is 0.487. The molecule has 0 aromatic carbocycles. The van der Waals surface area contributed by atoms with E-state index >= 15 is 0 Å². The van der Waals surface area contributed by atoms with Gasteiger partial charge in [0, 0.05) is 12.4 Å². The van der Waals surface area contributed by atoms with Gasteiger partial charge in [0.05, 0.1) is 9.26 Å². The second-order valence-corrected chi connectivity index (χ2v) is 5.27. The molecule has 3 rings (SSSR count). The van der Waals surface area contributed by atoms with Gasteiger partial charge in [-0.25, -0.2) is 15.0 Å². The van der Waals surface area contributed by atoms with E-state index in [9.17, 15) is 0 Å². The summed E-state index contributed by atoms with van der Waals surface area (Å²) >= 11 is 8.21. The first kappa shape index (κ1) is 11.9. The average Bonchev–Trinajstić information content (AvgIpc) is 2.79. The number of aromatic nitrogens is 4. The molecule has 0 saturated heterocycles. The Hall–Kier alpha value is -1.21. The number of nitrogens with zero attached hydrogens (tertiary/aromatic N) is 4. The molecule has 0 aliphatic rings. The molecule has 0 bridgehead atoms. The van der Waals surface area contributed by atoms with Crippen molar-refractivity contribution < 1.29 is 0 Å². The summed E-state index contributed by atoms with van der Waals surface area (Å²) in [6.45, 7) is 1.91. The molecular formula is C12H8ClIN4. The van der Waals surface area contributed by atoms with E-state index in [0.29, 0.717) is 11.0 Å². The normalized spacial score (nSPS) is 11.1. The molecule has 0 aliphatic heterocycles. The highest BCUT2D eigenvalue weighted by molar-refractivity contribution is 14.1. The lowest BCUT2D eigenvalue weighted by Gasteiger charge is -2.01. The summed E-state index contributed by atoms with van der Waals surface area (Å²) in [5.41, 5.74) is 2.45. The zero-order valence-corrected chi connectivity index (χ0v) is 12.3. The Morgan fingerprint density at radius 2 is 2.06 bits per heavy atom. The van der Waals surface area contributed by atoms with Crippen molar-refractivity contribution in [2.45, 2.75) is 6.92 Å². The van der Waals surface area contributed by atoms with Crippen LogP contribution < -0.4 is 0 Å². The van der Waals surface area contributed by atoms with Crippen molar-refractivity contribution >= 4 is 39.8 Å². The molecule has 4 nitrogen and oxygen atoms in total. The molecule has 0 spiro atoms. The molecule has 0 atom stereocenters. The Balaban J connectivity index is 2.20. The average molecular weight is 371 g/mol. The SMILES string of the molecule is Cc1nc(-c2cn3ccccc3n2)nc(Cl)c1I. The van der Waals surface area contributed by atoms with E-state index in [4.69, 9.17) is 11.6 Å². The summed E-state index contributed by atoms with van der Waals surface area (Å²) in [7, 11) is 0. The van der Waals surface area contributed by atoms with Crippen LogP contribution in [0.4, 0.5) is 0 Å². The molecule has 0 fully saturated rings. The van der Waals surface area contributed by atoms with Gasteiger partial charge < -0.3 is 4.40 Å². The van der Waals surface area contributed by atoms with Gasteiger partial charge in [-0.15, -0.1) is 0 Å². The van der Waals surface area contributed by atoms with Crippen LogP contribution in [0.5, 0.6) is 0 Å². The van der Waals surface area contributed by atoms with Crippen LogP contribution in [0.2, 0.25) is 5.15 Å². The van der Waals surface area contributed by atoms with Crippen molar-refractivity contribution in [3.63, 3.8) is 0 Å². The number of aryl methyl sites for hydroxylation is 1. The van der Waals surface area contributed by atoms with E-state index in [1.807, 2.05) is 41.9 Å². The number of imidazole rings is 1. The Bertz CT molecular complexity index is 682. The Labute approximate surface area is 122 Å². The van der Waals surface area contributed by atoms with Gasteiger partial charge in [-0.05, 0) is 41.6 Å². The maximum Gasteiger partial charge on any atom is 0.181 e. The lowest BCUT2D eigenvalue weighted by atomic mass is 10.4. The predicted octanol–water partition coefficient (Wildman–Crippen LogP) is 3.36. The fourth-order valence-corrected chi connectivity index (χ4v) is 2.14. The van der Waals surface area contributed by atoms with Crippen LogP contribution in [0.1, 0.15) is 5.69 Å². The molecule has 0 saturated carbocycles. The lowest BCUT2D eigenvalue weighted by molar-refractivity contribution is 1.08. The second-order valence-electron chi connectivity index (χ2n) is 3.83. The molecule has 0 amide bonds. The maximum atomic E-state index is 6.07. The largest absolute Gasteiger partial charge is 0.306 e. The molecule has 3 aromatic rings. The minimum Gasteiger partial charge on any atom is -0.306 e. The molecule has 0 unspecified atom stereocenters. The van der Waals surface area contributed by atoms with Crippen molar-refractivity contribution in [3.05, 3.63) is 45.0 Å². The van der Waals surface area contributed by atoms with Crippen LogP contribution in [0.15, 0.2) is 30.6 Å². The predicted molar refractivity (Wildman–Crippen MR) is 78.7 cm³/mol. The minimum atomic E-state index is 0.468. The third-order valence-electron chi connectivity index (χ3n) is 2.57. The highest BCUT2D eigenvalue weighted by Gasteiger charge is 2.11. The van der Waals surface area contributed by atoms with Gasteiger partial charge in [-0.3, -0.25) is 0 Å². The second kappa shape index (κ2) is 4.47. The zero-order valence-electron chi connectivity index (χ0n) is 9.43. The topological polar surface area (TPSA) is 43.1 Å². The molecule has 0 aliphatic carbocycles. The maximum absolute atomic E-state index is 6.07. The molecule has 18 heavy (non-hydrogen) atoms. The summed E-state index contributed by atoms with van der Waals surface area (Å²) in [6, 6.07) is 5.83. The van der Waals surface area contributed by atoms with Crippen LogP contribution in [0, 0.1) is 10.5 Å². The Kier molecular flexibility index (Phi) is 2.95. The number of halogens is 2. The van der Waals surface area contributed by atoms with Crippen LogP contribution in [0.3, 0.4) is 0 Å². The van der Waals surface area contributed by atoms with E-state index < -0.39 is 0 Å². The number of rotatable bonds is 1. The molecular weight excluding hydrogens is 363 g/mol. The van der Waals surface area contributed by atoms with E-state index in [1.54, 1.807) is 0 Å². The van der Waals surface area contributed by atoms with E-state index in [2.05, 4.69) is 37.5 Å². The van der Waals surface area contributed by atoms with Crippen molar-refractivity contribution in [1.82, 2.24) is 19.4 Å². The Morgan fingerprint density at radius 3 is 2.78 bits per heavy atom. The fourth-order valence-electron chi connectivity index (χ4n) is 1.68. The van der Waals surface area contributed by atoms with Crippen molar-refractivity contribution in [2.24, 2.45) is 0 Å². The molecule has 90 valence electrons. The summed E-state index contributed by atoms with van der Waals surface area (Å²) in [6.07, 6.45) is 3.83. The smallest absolute Gasteiger partial charge is 0.181 e. The van der Waals surface area contributed by atoms with E-state index in [0.717, 1.165) is 20.6 Å². The van der Waals surface area contributed by atoms with Crippen LogP contribution in [-0.2, 0) is 0 Å². The summed E-state index contributed by atoms with van der Waals surface area (Å²) in [4.78, 5) is 13.2. The Morgan fingerprint density at radius 1 is 1.22 bits per heavy atom. The van der Waals surface area contributed by atoms with Crippen molar-refractivity contribution in [1.29, 1.82) is 0 Å². The number of hydrogen-bond acceptors (Lipinski definition) is 3. The van der Waals surface area contributed by atoms with Gasteiger partial charge in [0.2, 0.25) is 0 Å². The minimum absolute atomic E-state index is 0.468. The molecule has 3 heterocycles. The first-order valence-electron chi connectivity index (χ1n) is 5.29. The van der Waals surface area contributed by atoms with Crippen LogP contribution >= 0.6 is 34.2 Å². The van der Waals surface area contributed by atoms with Crippen LogP contribution in [-0.4, -0.2) is 19.4 Å². The molecule has 0 N–H and O–H groups in total. The third kappa shape index (κ3) is 1.97. The van der Waals surface area contributed by atoms with Crippen molar-refractivity contribution in [3.8, 4) is 11.5 Å². The standard InChI is InChI=1S/C12H8ClIN4/c1-7-10(14)11(13)17-12(15-7)8-6-18-5-3-2-4-9(18)16-8/h2-6H,1H3. The van der Waals surface area contributed by atoms with Crippen LogP contribution in [0.25, 0.3) is 17.2 Å². The summed E-state index contributed by atoms with van der Waals surface area (Å²) < 4.78 is 2.81. The molecule has 3 aromatic heterocycles.